The molecule has 4 heteroatoms. The van der Waals surface area contributed by atoms with Gasteiger partial charge in [0.15, 0.2) is 0 Å². The van der Waals surface area contributed by atoms with Gasteiger partial charge in [0.1, 0.15) is 11.6 Å². The maximum Gasteiger partial charge on any atom is 0.126 e. The molecule has 12 heavy (non-hydrogen) atoms. The molecule has 1 rings (SSSR count). The number of phenolic OH excluding ortho intramolecular Hbond substituents is 1. The number of rotatable bonds is 2. The van der Waals surface area contributed by atoms with Gasteiger partial charge in [-0.2, -0.15) is 0 Å². The standard InChI is InChI=1S/C8H11FN2O/c9-5-1-2-6(7(11)4-10)8(12)3-5/h1-3,7,12H,4,10-11H2/t7-/m1/s1. The molecule has 0 aliphatic carbocycles. The van der Waals surface area contributed by atoms with E-state index in [1.807, 2.05) is 0 Å². The zero-order valence-electron chi connectivity index (χ0n) is 6.50. The number of phenols is 1. The van der Waals surface area contributed by atoms with Crippen molar-refractivity contribution in [3.63, 3.8) is 0 Å². The van der Waals surface area contributed by atoms with Gasteiger partial charge in [-0.1, -0.05) is 6.07 Å². The summed E-state index contributed by atoms with van der Waals surface area (Å²) < 4.78 is 12.5. The highest BCUT2D eigenvalue weighted by Crippen LogP contribution is 2.22. The molecule has 0 aliphatic rings. The molecule has 0 saturated heterocycles. The summed E-state index contributed by atoms with van der Waals surface area (Å²) >= 11 is 0. The maximum absolute atomic E-state index is 12.5. The van der Waals surface area contributed by atoms with Crippen molar-refractivity contribution >= 4 is 0 Å². The molecule has 66 valence electrons. The predicted octanol–water partition coefficient (Wildman–Crippen LogP) is 0.490. The van der Waals surface area contributed by atoms with E-state index >= 15 is 0 Å². The lowest BCUT2D eigenvalue weighted by molar-refractivity contribution is 0.456. The smallest absolute Gasteiger partial charge is 0.126 e. The lowest BCUT2D eigenvalue weighted by Gasteiger charge is -2.10. The summed E-state index contributed by atoms with van der Waals surface area (Å²) in [6, 6.07) is 3.25. The molecule has 5 N–H and O–H groups in total. The average Bonchev–Trinajstić information content (AvgIpc) is 2.03. The minimum atomic E-state index is -0.486. The third-order valence-electron chi connectivity index (χ3n) is 1.65. The highest BCUT2D eigenvalue weighted by Gasteiger charge is 2.08. The topological polar surface area (TPSA) is 72.3 Å². The second kappa shape index (κ2) is 3.51. The fourth-order valence-corrected chi connectivity index (χ4v) is 0.957. The fraction of sp³-hybridized carbons (Fsp3) is 0.250. The van der Waals surface area contributed by atoms with Crippen molar-refractivity contribution in [2.24, 2.45) is 11.5 Å². The first-order valence-corrected chi connectivity index (χ1v) is 3.59. The first kappa shape index (κ1) is 8.96. The van der Waals surface area contributed by atoms with Crippen molar-refractivity contribution in [1.82, 2.24) is 0 Å². The molecular weight excluding hydrogens is 159 g/mol. The van der Waals surface area contributed by atoms with Gasteiger partial charge in [-0.05, 0) is 6.07 Å². The molecule has 0 heterocycles. The van der Waals surface area contributed by atoms with Crippen LogP contribution in [0.15, 0.2) is 18.2 Å². The Hall–Kier alpha value is -1.13. The zero-order valence-corrected chi connectivity index (χ0v) is 6.50. The van der Waals surface area contributed by atoms with Crippen LogP contribution in [0.3, 0.4) is 0 Å². The largest absolute Gasteiger partial charge is 0.508 e. The van der Waals surface area contributed by atoms with E-state index in [0.717, 1.165) is 6.07 Å². The Morgan fingerprint density at radius 1 is 1.50 bits per heavy atom. The van der Waals surface area contributed by atoms with Crippen LogP contribution < -0.4 is 11.5 Å². The molecule has 0 saturated carbocycles. The van der Waals surface area contributed by atoms with Gasteiger partial charge in [-0.3, -0.25) is 0 Å². The quantitative estimate of drug-likeness (QED) is 0.604. The van der Waals surface area contributed by atoms with E-state index < -0.39 is 11.9 Å². The fourth-order valence-electron chi connectivity index (χ4n) is 0.957. The predicted molar refractivity (Wildman–Crippen MR) is 44.0 cm³/mol. The lowest BCUT2D eigenvalue weighted by atomic mass is 10.1. The number of hydrogen-bond donors (Lipinski definition) is 3. The van der Waals surface area contributed by atoms with Crippen LogP contribution >= 0.6 is 0 Å². The van der Waals surface area contributed by atoms with Crippen LogP contribution in [0, 0.1) is 5.82 Å². The van der Waals surface area contributed by atoms with Crippen LogP contribution in [-0.2, 0) is 0 Å². The van der Waals surface area contributed by atoms with Gasteiger partial charge in [0.25, 0.3) is 0 Å². The van der Waals surface area contributed by atoms with Gasteiger partial charge < -0.3 is 16.6 Å². The average molecular weight is 170 g/mol. The number of hydrogen-bond acceptors (Lipinski definition) is 3. The maximum atomic E-state index is 12.5. The molecule has 0 spiro atoms. The van der Waals surface area contributed by atoms with Crippen LogP contribution in [0.5, 0.6) is 5.75 Å². The third-order valence-corrected chi connectivity index (χ3v) is 1.65. The van der Waals surface area contributed by atoms with Crippen LogP contribution in [0.25, 0.3) is 0 Å². The Morgan fingerprint density at radius 3 is 2.67 bits per heavy atom. The van der Waals surface area contributed by atoms with Gasteiger partial charge in [0, 0.05) is 24.2 Å². The molecule has 1 aromatic rings. The first-order valence-electron chi connectivity index (χ1n) is 3.59. The van der Waals surface area contributed by atoms with Crippen molar-refractivity contribution < 1.29 is 9.50 Å². The minimum Gasteiger partial charge on any atom is -0.508 e. The van der Waals surface area contributed by atoms with E-state index in [-0.39, 0.29) is 12.3 Å². The molecule has 1 atom stereocenters. The number of aromatic hydroxyl groups is 1. The number of halogens is 1. The molecule has 0 aliphatic heterocycles. The summed E-state index contributed by atoms with van der Waals surface area (Å²) in [7, 11) is 0. The third kappa shape index (κ3) is 1.72. The molecule has 3 nitrogen and oxygen atoms in total. The van der Waals surface area contributed by atoms with Crippen molar-refractivity contribution in [3.8, 4) is 5.75 Å². The summed E-state index contributed by atoms with van der Waals surface area (Å²) in [5.41, 5.74) is 11.3. The zero-order chi connectivity index (χ0) is 9.14. The van der Waals surface area contributed by atoms with Gasteiger partial charge in [-0.15, -0.1) is 0 Å². The number of benzene rings is 1. The lowest BCUT2D eigenvalue weighted by Crippen LogP contribution is -2.20. The number of nitrogens with two attached hydrogens (primary N) is 2. The monoisotopic (exact) mass is 170 g/mol. The van der Waals surface area contributed by atoms with E-state index in [9.17, 15) is 9.50 Å². The second-order valence-electron chi connectivity index (χ2n) is 2.55. The summed E-state index contributed by atoms with van der Waals surface area (Å²) in [5, 5.41) is 9.22. The SMILES string of the molecule is NC[C@@H](N)c1ccc(F)cc1O. The molecular formula is C8H11FN2O. The van der Waals surface area contributed by atoms with Crippen molar-refractivity contribution in [2.75, 3.05) is 6.54 Å². The van der Waals surface area contributed by atoms with E-state index in [0.29, 0.717) is 5.56 Å². The van der Waals surface area contributed by atoms with Gasteiger partial charge in [-0.25, -0.2) is 4.39 Å². The molecule has 0 fully saturated rings. The van der Waals surface area contributed by atoms with E-state index in [2.05, 4.69) is 0 Å². The van der Waals surface area contributed by atoms with E-state index in [1.165, 1.54) is 12.1 Å². The van der Waals surface area contributed by atoms with Gasteiger partial charge in [0.2, 0.25) is 0 Å². The molecule has 0 unspecified atom stereocenters. The normalized spacial score (nSPS) is 12.9. The molecule has 0 bridgehead atoms. The van der Waals surface area contributed by atoms with Crippen LogP contribution in [0.2, 0.25) is 0 Å². The Labute approximate surface area is 69.8 Å². The summed E-state index contributed by atoms with van der Waals surface area (Å²) in [6.07, 6.45) is 0. The first-order chi connectivity index (χ1) is 5.65. The molecule has 0 aromatic heterocycles. The van der Waals surface area contributed by atoms with E-state index in [4.69, 9.17) is 11.5 Å². The highest BCUT2D eigenvalue weighted by atomic mass is 19.1. The van der Waals surface area contributed by atoms with Crippen LogP contribution in [-0.4, -0.2) is 11.7 Å². The van der Waals surface area contributed by atoms with Crippen molar-refractivity contribution in [1.29, 1.82) is 0 Å². The Kier molecular flexibility index (Phi) is 2.62. The van der Waals surface area contributed by atoms with E-state index in [1.54, 1.807) is 0 Å². The Bertz CT molecular complexity index is 278. The minimum absolute atomic E-state index is 0.145. The van der Waals surface area contributed by atoms with Crippen LogP contribution in [0.4, 0.5) is 4.39 Å². The summed E-state index contributed by atoms with van der Waals surface area (Å²) in [4.78, 5) is 0. The van der Waals surface area contributed by atoms with Crippen LogP contribution in [0.1, 0.15) is 11.6 Å². The summed E-state index contributed by atoms with van der Waals surface area (Å²) in [5.74, 6) is -0.631. The molecule has 1 aromatic carbocycles. The van der Waals surface area contributed by atoms with Gasteiger partial charge >= 0.3 is 0 Å². The van der Waals surface area contributed by atoms with Crippen molar-refractivity contribution in [2.45, 2.75) is 6.04 Å². The van der Waals surface area contributed by atoms with Gasteiger partial charge in [0.05, 0.1) is 0 Å². The Morgan fingerprint density at radius 2 is 2.17 bits per heavy atom. The summed E-state index contributed by atoms with van der Waals surface area (Å²) in [6.45, 7) is 0.221. The molecule has 0 amide bonds. The Balaban J connectivity index is 3.01. The molecule has 0 radical (unpaired) electrons. The van der Waals surface area contributed by atoms with Crippen molar-refractivity contribution in [3.05, 3.63) is 29.6 Å². The second-order valence-corrected chi connectivity index (χ2v) is 2.55. The highest BCUT2D eigenvalue weighted by molar-refractivity contribution is 5.35.